The summed E-state index contributed by atoms with van der Waals surface area (Å²) < 4.78 is 0. The van der Waals surface area contributed by atoms with E-state index in [1.165, 1.54) is 76.8 Å². The van der Waals surface area contributed by atoms with Crippen molar-refractivity contribution in [2.24, 2.45) is 0 Å². The zero-order chi connectivity index (χ0) is 27.9. The van der Waals surface area contributed by atoms with Crippen LogP contribution in [-0.2, 0) is 0 Å². The second-order valence-electron chi connectivity index (χ2n) is 10.9. The minimum Gasteiger partial charge on any atom is -0.0616 e. The van der Waals surface area contributed by atoms with E-state index in [9.17, 15) is 0 Å². The van der Waals surface area contributed by atoms with Crippen molar-refractivity contribution in [1.29, 1.82) is 0 Å². The van der Waals surface area contributed by atoms with Crippen LogP contribution in [0.3, 0.4) is 0 Å². The molecule has 0 aliphatic heterocycles. The molecule has 0 bridgehead atoms. The van der Waals surface area contributed by atoms with Gasteiger partial charge in [-0.2, -0.15) is 0 Å². The van der Waals surface area contributed by atoms with Gasteiger partial charge in [-0.15, -0.1) is 0 Å². The molecule has 0 heteroatoms. The van der Waals surface area contributed by atoms with E-state index >= 15 is 0 Å². The first-order valence-corrected chi connectivity index (χ1v) is 14.5. The highest BCUT2D eigenvalue weighted by Gasteiger charge is 2.14. The van der Waals surface area contributed by atoms with Crippen LogP contribution in [0.4, 0.5) is 0 Å². The van der Waals surface area contributed by atoms with Crippen molar-refractivity contribution in [2.45, 2.75) is 0 Å². The summed E-state index contributed by atoms with van der Waals surface area (Å²) in [5, 5.41) is 7.61. The van der Waals surface area contributed by atoms with E-state index in [0.717, 1.165) is 0 Å². The standard InChI is InChI=1S/C42H28/c1-2-12-33-28-34(25-22-29(33)10-1)30-20-23-32(24-21-30)36-26-27-42(40-17-6-5-15-37(36)40)41-18-8-7-16-39(41)38-19-9-13-31-11-3-4-14-35(31)38/h1-28H. The van der Waals surface area contributed by atoms with E-state index in [2.05, 4.69) is 170 Å². The van der Waals surface area contributed by atoms with Crippen LogP contribution in [0.5, 0.6) is 0 Å². The van der Waals surface area contributed by atoms with Crippen LogP contribution in [0, 0.1) is 0 Å². The van der Waals surface area contributed by atoms with Crippen molar-refractivity contribution in [2.75, 3.05) is 0 Å². The second kappa shape index (κ2) is 10.2. The molecule has 0 N–H and O–H groups in total. The zero-order valence-electron chi connectivity index (χ0n) is 23.2. The fourth-order valence-electron chi connectivity index (χ4n) is 6.41. The van der Waals surface area contributed by atoms with Gasteiger partial charge in [0.15, 0.2) is 0 Å². The van der Waals surface area contributed by atoms with Crippen LogP contribution in [0.1, 0.15) is 0 Å². The first kappa shape index (κ1) is 24.3. The zero-order valence-corrected chi connectivity index (χ0v) is 23.2. The van der Waals surface area contributed by atoms with Crippen molar-refractivity contribution in [3.05, 3.63) is 170 Å². The third-order valence-corrected chi connectivity index (χ3v) is 8.50. The molecule has 0 heterocycles. The van der Waals surface area contributed by atoms with E-state index in [4.69, 9.17) is 0 Å². The molecule has 0 spiro atoms. The fraction of sp³-hybridized carbons (Fsp3) is 0. The molecular weight excluding hydrogens is 504 g/mol. The van der Waals surface area contributed by atoms with Crippen molar-refractivity contribution in [3.63, 3.8) is 0 Å². The Labute approximate surface area is 246 Å². The average Bonchev–Trinajstić information content (AvgIpc) is 3.07. The van der Waals surface area contributed by atoms with Gasteiger partial charge in [0.25, 0.3) is 0 Å². The summed E-state index contributed by atoms with van der Waals surface area (Å²) >= 11 is 0. The highest BCUT2D eigenvalue weighted by Crippen LogP contribution is 2.41. The van der Waals surface area contributed by atoms with Crippen LogP contribution < -0.4 is 0 Å². The van der Waals surface area contributed by atoms with Crippen LogP contribution in [0.2, 0.25) is 0 Å². The van der Waals surface area contributed by atoms with Crippen molar-refractivity contribution in [1.82, 2.24) is 0 Å². The van der Waals surface area contributed by atoms with E-state index < -0.39 is 0 Å². The maximum Gasteiger partial charge on any atom is -0.00987 e. The Kier molecular flexibility index (Phi) is 5.90. The maximum absolute atomic E-state index is 2.30. The van der Waals surface area contributed by atoms with Crippen LogP contribution >= 0.6 is 0 Å². The molecule has 0 nitrogen and oxygen atoms in total. The normalized spacial score (nSPS) is 11.3. The Morgan fingerprint density at radius 1 is 0.214 bits per heavy atom. The third-order valence-electron chi connectivity index (χ3n) is 8.50. The number of hydrogen-bond donors (Lipinski definition) is 0. The lowest BCUT2D eigenvalue weighted by molar-refractivity contribution is 1.60. The molecule has 0 atom stereocenters. The minimum absolute atomic E-state index is 1.23. The second-order valence-corrected chi connectivity index (χ2v) is 10.9. The predicted molar refractivity (Wildman–Crippen MR) is 181 cm³/mol. The molecule has 8 aromatic rings. The molecule has 42 heavy (non-hydrogen) atoms. The van der Waals surface area contributed by atoms with Gasteiger partial charge in [0.05, 0.1) is 0 Å². The van der Waals surface area contributed by atoms with Crippen molar-refractivity contribution < 1.29 is 0 Å². The van der Waals surface area contributed by atoms with Crippen molar-refractivity contribution in [3.8, 4) is 44.5 Å². The monoisotopic (exact) mass is 532 g/mol. The molecule has 8 aromatic carbocycles. The first-order valence-electron chi connectivity index (χ1n) is 14.5. The van der Waals surface area contributed by atoms with Gasteiger partial charge in [-0.1, -0.05) is 164 Å². The lowest BCUT2D eigenvalue weighted by atomic mass is 9.87. The smallest absolute Gasteiger partial charge is 0.00987 e. The molecule has 0 unspecified atom stereocenters. The molecule has 0 saturated carbocycles. The molecule has 196 valence electrons. The fourth-order valence-corrected chi connectivity index (χ4v) is 6.41. The van der Waals surface area contributed by atoms with Gasteiger partial charge in [0, 0.05) is 0 Å². The van der Waals surface area contributed by atoms with Crippen molar-refractivity contribution >= 4 is 32.3 Å². The molecule has 0 saturated heterocycles. The highest BCUT2D eigenvalue weighted by molar-refractivity contribution is 6.09. The number of rotatable bonds is 4. The summed E-state index contributed by atoms with van der Waals surface area (Å²) in [6, 6.07) is 61.7. The lowest BCUT2D eigenvalue weighted by Crippen LogP contribution is -1.90. The summed E-state index contributed by atoms with van der Waals surface area (Å²) in [6.45, 7) is 0. The van der Waals surface area contributed by atoms with Gasteiger partial charge in [-0.05, 0) is 82.9 Å². The maximum atomic E-state index is 2.30. The van der Waals surface area contributed by atoms with Crippen LogP contribution in [0.25, 0.3) is 76.8 Å². The number of fused-ring (bicyclic) bond motifs is 3. The molecule has 0 radical (unpaired) electrons. The van der Waals surface area contributed by atoms with Crippen LogP contribution in [0.15, 0.2) is 170 Å². The minimum atomic E-state index is 1.23. The van der Waals surface area contributed by atoms with Gasteiger partial charge >= 0.3 is 0 Å². The quantitative estimate of drug-likeness (QED) is 0.211. The Morgan fingerprint density at radius 2 is 0.690 bits per heavy atom. The van der Waals surface area contributed by atoms with E-state index in [-0.39, 0.29) is 0 Å². The molecule has 0 aliphatic rings. The summed E-state index contributed by atoms with van der Waals surface area (Å²) in [7, 11) is 0. The Balaban J connectivity index is 1.23. The van der Waals surface area contributed by atoms with Gasteiger partial charge in [-0.25, -0.2) is 0 Å². The molecule has 0 aliphatic carbocycles. The molecule has 0 fully saturated rings. The Morgan fingerprint density at radius 3 is 1.45 bits per heavy atom. The highest BCUT2D eigenvalue weighted by atomic mass is 14.2. The van der Waals surface area contributed by atoms with Gasteiger partial charge in [0.1, 0.15) is 0 Å². The Hall–Kier alpha value is -5.46. The van der Waals surface area contributed by atoms with Gasteiger partial charge in [0.2, 0.25) is 0 Å². The van der Waals surface area contributed by atoms with Gasteiger partial charge < -0.3 is 0 Å². The SMILES string of the molecule is c1ccc(-c2ccc(-c3ccc(-c4ccc5ccccc5c4)cc3)c3ccccc23)c(-c2cccc3ccccc23)c1. The molecule has 0 amide bonds. The predicted octanol–water partition coefficient (Wildman–Crippen LogP) is 11.8. The molecule has 8 rings (SSSR count). The van der Waals surface area contributed by atoms with Gasteiger partial charge in [-0.3, -0.25) is 0 Å². The van der Waals surface area contributed by atoms with Crippen LogP contribution in [-0.4, -0.2) is 0 Å². The largest absolute Gasteiger partial charge is 0.0616 e. The third kappa shape index (κ3) is 4.17. The summed E-state index contributed by atoms with van der Waals surface area (Å²) in [5.74, 6) is 0. The summed E-state index contributed by atoms with van der Waals surface area (Å²) in [4.78, 5) is 0. The average molecular weight is 533 g/mol. The van der Waals surface area contributed by atoms with E-state index in [1.54, 1.807) is 0 Å². The summed E-state index contributed by atoms with van der Waals surface area (Å²) in [6.07, 6.45) is 0. The number of hydrogen-bond acceptors (Lipinski definition) is 0. The van der Waals surface area contributed by atoms with E-state index in [0.29, 0.717) is 0 Å². The first-order chi connectivity index (χ1) is 20.8. The lowest BCUT2D eigenvalue weighted by Gasteiger charge is -2.16. The summed E-state index contributed by atoms with van der Waals surface area (Å²) in [5.41, 5.74) is 9.98. The molecule has 0 aromatic heterocycles. The number of benzene rings is 8. The topological polar surface area (TPSA) is 0 Å². The van der Waals surface area contributed by atoms with E-state index in [1.807, 2.05) is 0 Å². The molecular formula is C42H28. The Bertz CT molecular complexity index is 2230.